The minimum atomic E-state index is -4.57. The van der Waals surface area contributed by atoms with Crippen molar-refractivity contribution in [1.82, 2.24) is 0 Å². The summed E-state index contributed by atoms with van der Waals surface area (Å²) in [5.74, 6) is -1.88. The molecular weight excluding hydrogens is 243 g/mol. The monoisotopic (exact) mass is 249 g/mol. The zero-order valence-electron chi connectivity index (χ0n) is 7.96. The normalized spacial score (nSPS) is 12.9. The number of hydrogen-bond donors (Lipinski definition) is 0. The Hall–Kier alpha value is -1.41. The smallest absolute Gasteiger partial charge is 0.407 e. The van der Waals surface area contributed by atoms with Gasteiger partial charge in [-0.25, -0.2) is 0 Å². The molecule has 1 atom stereocenters. The maximum atomic E-state index is 12.2. The van der Waals surface area contributed by atoms with Crippen LogP contribution in [0.3, 0.4) is 0 Å². The first-order valence-electron chi connectivity index (χ1n) is 4.28. The molecule has 1 unspecified atom stereocenters. The third-order valence-corrected chi connectivity index (χ3v) is 2.03. The van der Waals surface area contributed by atoms with Crippen molar-refractivity contribution in [3.05, 3.63) is 29.3 Å². The molecule has 0 aliphatic rings. The van der Waals surface area contributed by atoms with Crippen LogP contribution in [0.4, 0.5) is 13.2 Å². The molecule has 0 aliphatic heterocycles. The second kappa shape index (κ2) is 5.08. The first kappa shape index (κ1) is 12.7. The van der Waals surface area contributed by atoms with E-state index >= 15 is 0 Å². The van der Waals surface area contributed by atoms with Crippen molar-refractivity contribution < 1.29 is 17.9 Å². The second-order valence-corrected chi connectivity index (χ2v) is 3.42. The summed E-state index contributed by atoms with van der Waals surface area (Å²) in [6, 6.07) is 7.01. The van der Waals surface area contributed by atoms with Crippen LogP contribution in [0, 0.1) is 17.2 Å². The summed E-state index contributed by atoms with van der Waals surface area (Å²) in [6.45, 7) is -0.721. The van der Waals surface area contributed by atoms with Gasteiger partial charge < -0.3 is 4.74 Å². The average Bonchev–Trinajstić information content (AvgIpc) is 2.19. The number of ether oxygens (including phenoxy) is 1. The molecule has 0 saturated carbocycles. The zero-order valence-corrected chi connectivity index (χ0v) is 8.72. The van der Waals surface area contributed by atoms with E-state index < -0.39 is 18.7 Å². The number of benzene rings is 1. The van der Waals surface area contributed by atoms with Gasteiger partial charge in [-0.3, -0.25) is 0 Å². The van der Waals surface area contributed by atoms with Gasteiger partial charge in [0.25, 0.3) is 0 Å². The molecule has 0 heterocycles. The fourth-order valence-corrected chi connectivity index (χ4v) is 1.04. The molecule has 1 aromatic carbocycles. The van der Waals surface area contributed by atoms with E-state index in [1.807, 2.05) is 0 Å². The van der Waals surface area contributed by atoms with Gasteiger partial charge in [0, 0.05) is 5.02 Å². The first-order valence-corrected chi connectivity index (χ1v) is 4.66. The fraction of sp³-hybridized carbons (Fsp3) is 0.300. The fourth-order valence-electron chi connectivity index (χ4n) is 0.915. The minimum absolute atomic E-state index is 0.244. The molecule has 1 rings (SSSR count). The van der Waals surface area contributed by atoms with E-state index in [1.165, 1.54) is 24.3 Å². The van der Waals surface area contributed by atoms with Crippen molar-refractivity contribution in [2.24, 2.45) is 5.92 Å². The van der Waals surface area contributed by atoms with E-state index in [9.17, 15) is 13.2 Å². The highest BCUT2D eigenvalue weighted by molar-refractivity contribution is 6.30. The summed E-state index contributed by atoms with van der Waals surface area (Å²) >= 11 is 5.59. The third kappa shape index (κ3) is 3.63. The summed E-state index contributed by atoms with van der Waals surface area (Å²) in [4.78, 5) is 0. The molecular formula is C10H7ClF3NO. The molecule has 0 fully saturated rings. The van der Waals surface area contributed by atoms with Gasteiger partial charge in [-0.05, 0) is 24.3 Å². The van der Waals surface area contributed by atoms with E-state index in [2.05, 4.69) is 0 Å². The van der Waals surface area contributed by atoms with E-state index in [4.69, 9.17) is 21.6 Å². The highest BCUT2D eigenvalue weighted by Gasteiger charge is 2.40. The number of rotatable bonds is 3. The van der Waals surface area contributed by atoms with E-state index in [-0.39, 0.29) is 5.75 Å². The summed E-state index contributed by atoms with van der Waals surface area (Å²) in [6.07, 6.45) is -4.57. The number of alkyl halides is 3. The molecule has 0 aromatic heterocycles. The van der Waals surface area contributed by atoms with Gasteiger partial charge in [0.2, 0.25) is 0 Å². The van der Waals surface area contributed by atoms with Gasteiger partial charge in [0.05, 0.1) is 6.07 Å². The quantitative estimate of drug-likeness (QED) is 0.822. The summed E-state index contributed by atoms with van der Waals surface area (Å²) in [7, 11) is 0. The maximum Gasteiger partial charge on any atom is 0.407 e. The van der Waals surface area contributed by atoms with Gasteiger partial charge in [0.1, 0.15) is 12.4 Å². The number of halogens is 4. The lowest BCUT2D eigenvalue weighted by molar-refractivity contribution is -0.165. The predicted octanol–water partition coefficient (Wildman–Crippen LogP) is 3.42. The third-order valence-electron chi connectivity index (χ3n) is 1.78. The molecule has 0 N–H and O–H groups in total. The average molecular weight is 250 g/mol. The Balaban J connectivity index is 2.57. The largest absolute Gasteiger partial charge is 0.492 e. The van der Waals surface area contributed by atoms with Gasteiger partial charge in [-0.1, -0.05) is 11.6 Å². The summed E-state index contributed by atoms with van der Waals surface area (Å²) < 4.78 is 41.3. The number of hydrogen-bond acceptors (Lipinski definition) is 2. The van der Waals surface area contributed by atoms with Crippen LogP contribution in [0.5, 0.6) is 5.75 Å². The molecule has 2 nitrogen and oxygen atoms in total. The van der Waals surface area contributed by atoms with Gasteiger partial charge in [-0.15, -0.1) is 0 Å². The van der Waals surface area contributed by atoms with Crippen molar-refractivity contribution in [3.63, 3.8) is 0 Å². The summed E-state index contributed by atoms with van der Waals surface area (Å²) in [5, 5.41) is 8.77. The van der Waals surface area contributed by atoms with Crippen LogP contribution >= 0.6 is 11.6 Å². The molecule has 0 amide bonds. The van der Waals surface area contributed by atoms with Crippen LogP contribution in [0.25, 0.3) is 0 Å². The van der Waals surface area contributed by atoms with Crippen molar-refractivity contribution in [3.8, 4) is 11.8 Å². The highest BCUT2D eigenvalue weighted by atomic mass is 35.5. The molecule has 1 aromatic rings. The van der Waals surface area contributed by atoms with Crippen LogP contribution in [-0.2, 0) is 0 Å². The van der Waals surface area contributed by atoms with Crippen molar-refractivity contribution in [2.45, 2.75) is 6.18 Å². The van der Waals surface area contributed by atoms with Crippen molar-refractivity contribution >= 4 is 11.6 Å². The van der Waals surface area contributed by atoms with Crippen molar-refractivity contribution in [2.75, 3.05) is 6.61 Å². The first-order chi connectivity index (χ1) is 7.43. The van der Waals surface area contributed by atoms with Crippen LogP contribution in [0.15, 0.2) is 24.3 Å². The Morgan fingerprint density at radius 3 is 2.31 bits per heavy atom. The topological polar surface area (TPSA) is 33.0 Å². The van der Waals surface area contributed by atoms with E-state index in [1.54, 1.807) is 0 Å². The SMILES string of the molecule is N#CC(COc1ccc(Cl)cc1)C(F)(F)F. The molecule has 0 bridgehead atoms. The second-order valence-electron chi connectivity index (χ2n) is 2.99. The van der Waals surface area contributed by atoms with Crippen LogP contribution < -0.4 is 4.74 Å². The van der Waals surface area contributed by atoms with E-state index in [0.29, 0.717) is 5.02 Å². The Morgan fingerprint density at radius 1 is 1.31 bits per heavy atom. The molecule has 16 heavy (non-hydrogen) atoms. The molecule has 86 valence electrons. The molecule has 0 saturated heterocycles. The van der Waals surface area contributed by atoms with Crippen LogP contribution in [-0.4, -0.2) is 12.8 Å². The van der Waals surface area contributed by atoms with Gasteiger partial charge >= 0.3 is 6.18 Å². The predicted molar refractivity (Wildman–Crippen MR) is 52.1 cm³/mol. The lowest BCUT2D eigenvalue weighted by Gasteiger charge is -2.14. The standard InChI is InChI=1S/C10H7ClF3NO/c11-8-1-3-9(4-2-8)16-6-7(5-15)10(12,13)14/h1-4,7H,6H2. The van der Waals surface area contributed by atoms with Gasteiger partial charge in [-0.2, -0.15) is 18.4 Å². The molecule has 6 heteroatoms. The van der Waals surface area contributed by atoms with E-state index in [0.717, 1.165) is 6.07 Å². The van der Waals surface area contributed by atoms with Gasteiger partial charge in [0.15, 0.2) is 5.92 Å². The molecule has 0 radical (unpaired) electrons. The number of nitriles is 1. The van der Waals surface area contributed by atoms with Crippen LogP contribution in [0.2, 0.25) is 5.02 Å². The Kier molecular flexibility index (Phi) is 4.02. The molecule has 0 spiro atoms. The lowest BCUT2D eigenvalue weighted by atomic mass is 10.2. The number of nitrogens with zero attached hydrogens (tertiary/aromatic N) is 1. The maximum absolute atomic E-state index is 12.2. The Labute approximate surface area is 95.2 Å². The molecule has 0 aliphatic carbocycles. The Bertz CT molecular complexity index is 383. The summed E-state index contributed by atoms with van der Waals surface area (Å²) in [5.41, 5.74) is 0. The van der Waals surface area contributed by atoms with Crippen LogP contribution in [0.1, 0.15) is 0 Å². The van der Waals surface area contributed by atoms with Crippen molar-refractivity contribution in [1.29, 1.82) is 5.26 Å². The zero-order chi connectivity index (χ0) is 12.2. The minimum Gasteiger partial charge on any atom is -0.492 e. The Morgan fingerprint density at radius 2 is 1.88 bits per heavy atom. The highest BCUT2D eigenvalue weighted by Crippen LogP contribution is 2.26. The lowest BCUT2D eigenvalue weighted by Crippen LogP contribution is -2.27.